The van der Waals surface area contributed by atoms with Crippen LogP contribution in [0.4, 0.5) is 5.69 Å². The van der Waals surface area contributed by atoms with Crippen molar-refractivity contribution in [3.8, 4) is 0 Å². The van der Waals surface area contributed by atoms with Crippen LogP contribution in [0.15, 0.2) is 28.7 Å². The second kappa shape index (κ2) is 4.82. The van der Waals surface area contributed by atoms with Crippen molar-refractivity contribution in [3.63, 3.8) is 0 Å². The average Bonchev–Trinajstić information content (AvgIpc) is 3.10. The molecule has 3 aromatic rings. The molecule has 2 aliphatic rings. The fourth-order valence-corrected chi connectivity index (χ4v) is 6.13. The molecule has 4 unspecified atom stereocenters. The van der Waals surface area contributed by atoms with Crippen LogP contribution >= 0.6 is 0 Å². The number of hydrogen-bond donors (Lipinski definition) is 0. The molecule has 1 saturated heterocycles. The van der Waals surface area contributed by atoms with Crippen molar-refractivity contribution in [1.29, 1.82) is 0 Å². The minimum absolute atomic E-state index is 0.203. The molecule has 1 aromatic carbocycles. The molecule has 26 heavy (non-hydrogen) atoms. The Bertz CT molecular complexity index is 1050. The second-order valence-corrected chi connectivity index (χ2v) is 9.35. The summed E-state index contributed by atoms with van der Waals surface area (Å²) in [6.07, 6.45) is 2.51. The van der Waals surface area contributed by atoms with Crippen molar-refractivity contribution >= 4 is 27.8 Å². The van der Waals surface area contributed by atoms with E-state index in [4.69, 9.17) is 4.42 Å². The van der Waals surface area contributed by atoms with Gasteiger partial charge in [-0.05, 0) is 69.6 Å². The zero-order valence-electron chi connectivity index (χ0n) is 16.7. The quantitative estimate of drug-likeness (QED) is 0.540. The molecule has 0 radical (unpaired) electrons. The highest BCUT2D eigenvalue weighted by Gasteiger charge is 2.62. The molecule has 3 nitrogen and oxygen atoms in total. The maximum atomic E-state index is 6.37. The Morgan fingerprint density at radius 2 is 1.81 bits per heavy atom. The smallest absolute Gasteiger partial charge is 0.227 e. The fourth-order valence-electron chi connectivity index (χ4n) is 6.13. The SMILES string of the molecule is Cc1ccc2c(n1)oc1c(N3C(C)C4(C)CC3(C)CC4C)c(C)ccc12. The fraction of sp³-hybridized carbons (Fsp3) is 0.522. The van der Waals surface area contributed by atoms with Gasteiger partial charge in [-0.25, -0.2) is 4.98 Å². The molecule has 3 heterocycles. The number of pyridine rings is 1. The number of benzene rings is 1. The maximum absolute atomic E-state index is 6.37. The normalized spacial score (nSPS) is 33.7. The van der Waals surface area contributed by atoms with Crippen LogP contribution in [0.25, 0.3) is 22.1 Å². The Kier molecular flexibility index (Phi) is 3.00. The number of fused-ring (bicyclic) bond motifs is 5. The number of piperidine rings is 1. The van der Waals surface area contributed by atoms with Gasteiger partial charge in [0.25, 0.3) is 0 Å². The summed E-state index contributed by atoms with van der Waals surface area (Å²) >= 11 is 0. The standard InChI is InChI=1S/C23H28N2O/c1-13-7-9-17-18-10-8-15(3)24-21(18)26-20(17)19(13)25-16(4)23(6)12-22(25,5)11-14(23)2/h7-10,14,16H,11-12H2,1-6H3. The van der Waals surface area contributed by atoms with Crippen LogP contribution in [-0.2, 0) is 0 Å². The summed E-state index contributed by atoms with van der Waals surface area (Å²) in [5.41, 5.74) is 5.91. The second-order valence-electron chi connectivity index (χ2n) is 9.35. The number of aromatic nitrogens is 1. The topological polar surface area (TPSA) is 29.3 Å². The van der Waals surface area contributed by atoms with E-state index < -0.39 is 0 Å². The van der Waals surface area contributed by atoms with Crippen LogP contribution in [0.3, 0.4) is 0 Å². The lowest BCUT2D eigenvalue weighted by Gasteiger charge is -2.47. The Hall–Kier alpha value is -2.03. The van der Waals surface area contributed by atoms with Gasteiger partial charge in [-0.15, -0.1) is 0 Å². The van der Waals surface area contributed by atoms with Crippen molar-refractivity contribution in [2.24, 2.45) is 11.3 Å². The van der Waals surface area contributed by atoms with Crippen LogP contribution < -0.4 is 4.90 Å². The van der Waals surface area contributed by atoms with Gasteiger partial charge in [-0.3, -0.25) is 0 Å². The van der Waals surface area contributed by atoms with Crippen LogP contribution in [0.2, 0.25) is 0 Å². The molecule has 2 fully saturated rings. The molecule has 2 aromatic heterocycles. The number of anilines is 1. The third kappa shape index (κ3) is 1.81. The molecule has 4 atom stereocenters. The largest absolute Gasteiger partial charge is 0.436 e. The van der Waals surface area contributed by atoms with E-state index in [-0.39, 0.29) is 5.54 Å². The Morgan fingerprint density at radius 1 is 1.08 bits per heavy atom. The Labute approximate surface area is 155 Å². The monoisotopic (exact) mass is 348 g/mol. The first-order valence-electron chi connectivity index (χ1n) is 9.83. The number of rotatable bonds is 1. The molecule has 0 N–H and O–H groups in total. The molecule has 1 aliphatic heterocycles. The summed E-state index contributed by atoms with van der Waals surface area (Å²) in [6, 6.07) is 9.17. The molecule has 0 amide bonds. The van der Waals surface area contributed by atoms with Crippen molar-refractivity contribution < 1.29 is 4.42 Å². The average molecular weight is 348 g/mol. The molecule has 2 bridgehead atoms. The summed E-state index contributed by atoms with van der Waals surface area (Å²) in [4.78, 5) is 7.32. The minimum Gasteiger partial charge on any atom is -0.436 e. The van der Waals surface area contributed by atoms with Gasteiger partial charge in [-0.2, -0.15) is 0 Å². The summed E-state index contributed by atoms with van der Waals surface area (Å²) < 4.78 is 6.37. The number of furan rings is 1. The molecule has 1 aliphatic carbocycles. The molecule has 3 heteroatoms. The summed E-state index contributed by atoms with van der Waals surface area (Å²) in [6.45, 7) is 14.0. The lowest BCUT2D eigenvalue weighted by atomic mass is 9.75. The van der Waals surface area contributed by atoms with E-state index in [1.807, 2.05) is 6.92 Å². The van der Waals surface area contributed by atoms with Gasteiger partial charge in [0, 0.05) is 28.0 Å². The zero-order chi connectivity index (χ0) is 18.4. The van der Waals surface area contributed by atoms with E-state index in [1.165, 1.54) is 29.5 Å². The third-order valence-corrected chi connectivity index (χ3v) is 7.62. The van der Waals surface area contributed by atoms with E-state index in [9.17, 15) is 0 Å². The molecule has 0 spiro atoms. The zero-order valence-corrected chi connectivity index (χ0v) is 16.7. The van der Waals surface area contributed by atoms with Gasteiger partial charge < -0.3 is 9.32 Å². The molecule has 1 saturated carbocycles. The number of nitrogens with zero attached hydrogens (tertiary/aromatic N) is 2. The van der Waals surface area contributed by atoms with Crippen LogP contribution in [0.5, 0.6) is 0 Å². The molecular weight excluding hydrogens is 320 g/mol. The van der Waals surface area contributed by atoms with Crippen molar-refractivity contribution in [2.45, 2.75) is 66.0 Å². The first-order chi connectivity index (χ1) is 12.2. The van der Waals surface area contributed by atoms with Crippen molar-refractivity contribution in [1.82, 2.24) is 4.98 Å². The maximum Gasteiger partial charge on any atom is 0.227 e. The summed E-state index contributed by atoms with van der Waals surface area (Å²) in [5, 5.41) is 2.30. The lowest BCUT2D eigenvalue weighted by Crippen LogP contribution is -2.51. The highest BCUT2D eigenvalue weighted by atomic mass is 16.3. The summed E-state index contributed by atoms with van der Waals surface area (Å²) in [7, 11) is 0. The predicted molar refractivity (Wildman–Crippen MR) is 108 cm³/mol. The van der Waals surface area contributed by atoms with Gasteiger partial charge in [0.05, 0.1) is 5.69 Å². The third-order valence-electron chi connectivity index (χ3n) is 7.62. The van der Waals surface area contributed by atoms with Crippen LogP contribution in [0.1, 0.15) is 51.8 Å². The predicted octanol–water partition coefficient (Wildman–Crippen LogP) is 6.00. The van der Waals surface area contributed by atoms with Crippen molar-refractivity contribution in [2.75, 3.05) is 4.90 Å². The van der Waals surface area contributed by atoms with E-state index in [1.54, 1.807) is 0 Å². The lowest BCUT2D eigenvalue weighted by molar-refractivity contribution is 0.200. The van der Waals surface area contributed by atoms with Gasteiger partial charge in [0.2, 0.25) is 5.71 Å². The molecule has 5 rings (SSSR count). The minimum atomic E-state index is 0.203. The van der Waals surface area contributed by atoms with Crippen LogP contribution in [-0.4, -0.2) is 16.6 Å². The summed E-state index contributed by atoms with van der Waals surface area (Å²) in [5.74, 6) is 0.762. The number of hydrogen-bond acceptors (Lipinski definition) is 3. The molecule has 136 valence electrons. The Morgan fingerprint density at radius 3 is 2.50 bits per heavy atom. The van der Waals surface area contributed by atoms with E-state index in [2.05, 4.69) is 68.8 Å². The molecular formula is C23H28N2O. The van der Waals surface area contributed by atoms with E-state index in [0.29, 0.717) is 11.5 Å². The van der Waals surface area contributed by atoms with Gasteiger partial charge in [-0.1, -0.05) is 26.0 Å². The van der Waals surface area contributed by atoms with E-state index >= 15 is 0 Å². The van der Waals surface area contributed by atoms with E-state index in [0.717, 1.165) is 28.3 Å². The van der Waals surface area contributed by atoms with Crippen molar-refractivity contribution in [3.05, 3.63) is 35.5 Å². The highest BCUT2D eigenvalue weighted by molar-refractivity contribution is 6.08. The highest BCUT2D eigenvalue weighted by Crippen LogP contribution is 2.62. The Balaban J connectivity index is 1.80. The number of aryl methyl sites for hydroxylation is 2. The van der Waals surface area contributed by atoms with Crippen LogP contribution in [0, 0.1) is 25.2 Å². The first kappa shape index (κ1) is 16.2. The first-order valence-corrected chi connectivity index (χ1v) is 9.83. The van der Waals surface area contributed by atoms with Gasteiger partial charge in [0.15, 0.2) is 5.58 Å². The van der Waals surface area contributed by atoms with Gasteiger partial charge in [0.1, 0.15) is 0 Å². The van der Waals surface area contributed by atoms with Gasteiger partial charge >= 0.3 is 0 Å².